The molecule has 2 aromatic rings. The predicted octanol–water partition coefficient (Wildman–Crippen LogP) is 4.95. The number of hydrogen-bond acceptors (Lipinski definition) is 1. The zero-order valence-corrected chi connectivity index (χ0v) is 12.0. The molecule has 0 heterocycles. The molecule has 0 amide bonds. The number of benzene rings is 2. The summed E-state index contributed by atoms with van der Waals surface area (Å²) in [6.07, 6.45) is -4.35. The summed E-state index contributed by atoms with van der Waals surface area (Å²) in [6, 6.07) is 11.3. The molecule has 0 saturated carbocycles. The van der Waals surface area contributed by atoms with Gasteiger partial charge in [-0.25, -0.2) is 0 Å². The maximum absolute atomic E-state index is 12.9. The molecule has 2 rings (SSSR count). The first-order valence-corrected chi connectivity index (χ1v) is 6.83. The van der Waals surface area contributed by atoms with Gasteiger partial charge in [-0.05, 0) is 40.3 Å². The summed E-state index contributed by atoms with van der Waals surface area (Å²) in [5.74, 6) is 0.384. The molecule has 0 aromatic heterocycles. The summed E-state index contributed by atoms with van der Waals surface area (Å²) in [4.78, 5) is 0. The van der Waals surface area contributed by atoms with Crippen molar-refractivity contribution >= 4 is 0 Å². The van der Waals surface area contributed by atoms with Crippen LogP contribution in [0.2, 0.25) is 0 Å². The molecule has 0 spiro atoms. The van der Waals surface area contributed by atoms with E-state index in [1.165, 1.54) is 12.1 Å². The summed E-state index contributed by atoms with van der Waals surface area (Å²) in [5.41, 5.74) is 8.15. The topological polar surface area (TPSA) is 26.0 Å². The molecule has 4 heteroatoms. The minimum absolute atomic E-state index is 0.208. The Labute approximate surface area is 122 Å². The standard InChI is InChI=1S/C17H18F3N/c1-11(2)12-3-5-13(6-4-12)16-9-15(17(18,19)20)8-7-14(16)10-21/h3-9,11H,10,21H2,1-2H3. The summed E-state index contributed by atoms with van der Waals surface area (Å²) in [5, 5.41) is 0. The van der Waals surface area contributed by atoms with Crippen molar-refractivity contribution < 1.29 is 13.2 Å². The SMILES string of the molecule is CC(C)c1ccc(-c2cc(C(F)(F)F)ccc2CN)cc1. The van der Waals surface area contributed by atoms with Gasteiger partial charge in [-0.15, -0.1) is 0 Å². The van der Waals surface area contributed by atoms with Crippen molar-refractivity contribution in [1.82, 2.24) is 0 Å². The first kappa shape index (κ1) is 15.6. The fourth-order valence-electron chi connectivity index (χ4n) is 2.25. The predicted molar refractivity (Wildman–Crippen MR) is 78.9 cm³/mol. The van der Waals surface area contributed by atoms with Crippen LogP contribution >= 0.6 is 0 Å². The second-order valence-corrected chi connectivity index (χ2v) is 5.35. The van der Waals surface area contributed by atoms with Crippen LogP contribution in [-0.4, -0.2) is 0 Å². The van der Waals surface area contributed by atoms with Crippen molar-refractivity contribution in [2.24, 2.45) is 5.73 Å². The molecular weight excluding hydrogens is 275 g/mol. The van der Waals surface area contributed by atoms with Crippen molar-refractivity contribution in [3.05, 3.63) is 59.2 Å². The van der Waals surface area contributed by atoms with Crippen LogP contribution in [0.25, 0.3) is 11.1 Å². The van der Waals surface area contributed by atoms with Gasteiger partial charge < -0.3 is 5.73 Å². The molecule has 0 fully saturated rings. The lowest BCUT2D eigenvalue weighted by Gasteiger charge is -2.14. The van der Waals surface area contributed by atoms with Crippen LogP contribution in [0.1, 0.15) is 36.5 Å². The van der Waals surface area contributed by atoms with E-state index in [0.717, 1.165) is 17.2 Å². The van der Waals surface area contributed by atoms with Crippen molar-refractivity contribution in [3.8, 4) is 11.1 Å². The Kier molecular flexibility index (Phi) is 4.37. The van der Waals surface area contributed by atoms with E-state index in [0.29, 0.717) is 17.0 Å². The Morgan fingerprint density at radius 1 is 1.00 bits per heavy atom. The molecule has 0 atom stereocenters. The Hall–Kier alpha value is -1.81. The molecule has 0 aliphatic carbocycles. The molecule has 0 radical (unpaired) electrons. The third-order valence-electron chi connectivity index (χ3n) is 3.55. The highest BCUT2D eigenvalue weighted by molar-refractivity contribution is 5.68. The van der Waals surface area contributed by atoms with Crippen molar-refractivity contribution in [1.29, 1.82) is 0 Å². The van der Waals surface area contributed by atoms with Crippen LogP contribution in [0.3, 0.4) is 0 Å². The number of hydrogen-bond donors (Lipinski definition) is 1. The van der Waals surface area contributed by atoms with E-state index in [1.54, 1.807) is 0 Å². The first-order valence-electron chi connectivity index (χ1n) is 6.83. The number of rotatable bonds is 3. The molecule has 21 heavy (non-hydrogen) atoms. The third kappa shape index (κ3) is 3.45. The van der Waals surface area contributed by atoms with Crippen LogP contribution in [0, 0.1) is 0 Å². The molecule has 0 unspecified atom stereocenters. The van der Waals surface area contributed by atoms with Crippen molar-refractivity contribution in [2.75, 3.05) is 0 Å². The average Bonchev–Trinajstić information content (AvgIpc) is 2.45. The van der Waals surface area contributed by atoms with Crippen LogP contribution in [0.5, 0.6) is 0 Å². The molecule has 0 saturated heterocycles. The van der Waals surface area contributed by atoms with Crippen LogP contribution in [0.4, 0.5) is 13.2 Å². The average molecular weight is 293 g/mol. The van der Waals surface area contributed by atoms with Crippen LogP contribution in [-0.2, 0) is 12.7 Å². The Bertz CT molecular complexity index is 613. The molecule has 112 valence electrons. The molecule has 2 aromatic carbocycles. The Morgan fingerprint density at radius 2 is 1.62 bits per heavy atom. The second kappa shape index (κ2) is 5.90. The van der Waals surface area contributed by atoms with Gasteiger partial charge in [0.15, 0.2) is 0 Å². The van der Waals surface area contributed by atoms with E-state index in [9.17, 15) is 13.2 Å². The van der Waals surface area contributed by atoms with E-state index >= 15 is 0 Å². The van der Waals surface area contributed by atoms with Gasteiger partial charge in [0, 0.05) is 6.54 Å². The Morgan fingerprint density at radius 3 is 2.10 bits per heavy atom. The largest absolute Gasteiger partial charge is 0.416 e. The van der Waals surface area contributed by atoms with Crippen molar-refractivity contribution in [3.63, 3.8) is 0 Å². The van der Waals surface area contributed by atoms with E-state index < -0.39 is 11.7 Å². The fraction of sp³-hybridized carbons (Fsp3) is 0.294. The highest BCUT2D eigenvalue weighted by Gasteiger charge is 2.31. The normalized spacial score (nSPS) is 12.0. The molecule has 0 aliphatic rings. The van der Waals surface area contributed by atoms with Gasteiger partial charge >= 0.3 is 6.18 Å². The third-order valence-corrected chi connectivity index (χ3v) is 3.55. The second-order valence-electron chi connectivity index (χ2n) is 5.35. The molecule has 0 bridgehead atoms. The van der Waals surface area contributed by atoms with E-state index in [-0.39, 0.29) is 6.54 Å². The van der Waals surface area contributed by atoms with Gasteiger partial charge in [0.2, 0.25) is 0 Å². The monoisotopic (exact) mass is 293 g/mol. The van der Waals surface area contributed by atoms with Gasteiger partial charge in [-0.1, -0.05) is 44.2 Å². The van der Waals surface area contributed by atoms with Crippen LogP contribution in [0.15, 0.2) is 42.5 Å². The van der Waals surface area contributed by atoms with E-state index in [4.69, 9.17) is 5.73 Å². The first-order chi connectivity index (χ1) is 9.82. The fourth-order valence-corrected chi connectivity index (χ4v) is 2.25. The van der Waals surface area contributed by atoms with Gasteiger partial charge in [0.1, 0.15) is 0 Å². The maximum atomic E-state index is 12.9. The lowest BCUT2D eigenvalue weighted by Crippen LogP contribution is -2.07. The maximum Gasteiger partial charge on any atom is 0.416 e. The lowest BCUT2D eigenvalue weighted by molar-refractivity contribution is -0.137. The van der Waals surface area contributed by atoms with Crippen molar-refractivity contribution in [2.45, 2.75) is 32.5 Å². The zero-order valence-electron chi connectivity index (χ0n) is 12.0. The highest BCUT2D eigenvalue weighted by Crippen LogP contribution is 2.34. The number of halogens is 3. The summed E-state index contributed by atoms with van der Waals surface area (Å²) in [7, 11) is 0. The molecule has 0 aliphatic heterocycles. The van der Waals surface area contributed by atoms with Gasteiger partial charge in [0.25, 0.3) is 0 Å². The highest BCUT2D eigenvalue weighted by atomic mass is 19.4. The summed E-state index contributed by atoms with van der Waals surface area (Å²) in [6.45, 7) is 4.36. The summed E-state index contributed by atoms with van der Waals surface area (Å²) < 4.78 is 38.6. The summed E-state index contributed by atoms with van der Waals surface area (Å²) >= 11 is 0. The zero-order chi connectivity index (χ0) is 15.6. The quantitative estimate of drug-likeness (QED) is 0.851. The number of nitrogens with two attached hydrogens (primary N) is 1. The van der Waals surface area contributed by atoms with Gasteiger partial charge in [-0.3, -0.25) is 0 Å². The Balaban J connectivity index is 2.50. The van der Waals surface area contributed by atoms with E-state index in [2.05, 4.69) is 13.8 Å². The molecule has 2 N–H and O–H groups in total. The van der Waals surface area contributed by atoms with E-state index in [1.807, 2.05) is 24.3 Å². The minimum Gasteiger partial charge on any atom is -0.326 e. The minimum atomic E-state index is -4.35. The smallest absolute Gasteiger partial charge is 0.326 e. The molecule has 1 nitrogen and oxygen atoms in total. The van der Waals surface area contributed by atoms with Gasteiger partial charge in [0.05, 0.1) is 5.56 Å². The van der Waals surface area contributed by atoms with Crippen LogP contribution < -0.4 is 5.73 Å². The van der Waals surface area contributed by atoms with Gasteiger partial charge in [-0.2, -0.15) is 13.2 Å². The lowest BCUT2D eigenvalue weighted by atomic mass is 9.94. The molecular formula is C17H18F3N. The number of alkyl halides is 3.